The van der Waals surface area contributed by atoms with Gasteiger partial charge >= 0.3 is 0 Å². The lowest BCUT2D eigenvalue weighted by molar-refractivity contribution is -0.384. The van der Waals surface area contributed by atoms with Gasteiger partial charge in [-0.1, -0.05) is 0 Å². The lowest BCUT2D eigenvalue weighted by Crippen LogP contribution is -2.40. The number of hydrogen-bond donors (Lipinski definition) is 2. The highest BCUT2D eigenvalue weighted by Gasteiger charge is 2.20. The minimum absolute atomic E-state index is 0.104. The fourth-order valence-electron chi connectivity index (χ4n) is 1.46. The molecule has 0 unspecified atom stereocenters. The van der Waals surface area contributed by atoms with E-state index in [0.717, 1.165) is 0 Å². The number of nitro groups is 1. The van der Waals surface area contributed by atoms with E-state index in [0.29, 0.717) is 5.69 Å². The summed E-state index contributed by atoms with van der Waals surface area (Å²) in [4.78, 5) is 22.2. The quantitative estimate of drug-likeness (QED) is 0.637. The summed E-state index contributed by atoms with van der Waals surface area (Å²) in [6, 6.07) is 4.16. The van der Waals surface area contributed by atoms with E-state index < -0.39 is 10.5 Å². The first kappa shape index (κ1) is 14.0. The Kier molecular flexibility index (Phi) is 3.90. The smallest absolute Gasteiger partial charge is 0.270 e. The maximum Gasteiger partial charge on any atom is 0.270 e. The van der Waals surface area contributed by atoms with E-state index in [1.54, 1.807) is 7.05 Å². The highest BCUT2D eigenvalue weighted by atomic mass is 16.6. The predicted octanol–water partition coefficient (Wildman–Crippen LogP) is 2.16. The van der Waals surface area contributed by atoms with Gasteiger partial charge in [0.1, 0.15) is 0 Å². The molecular formula is C12H17N3O3. The molecule has 0 bridgehead atoms. The van der Waals surface area contributed by atoms with Gasteiger partial charge in [0, 0.05) is 30.4 Å². The fraction of sp³-hybridized carbons (Fsp3) is 0.417. The van der Waals surface area contributed by atoms with Gasteiger partial charge < -0.3 is 10.6 Å². The molecule has 98 valence electrons. The zero-order valence-electron chi connectivity index (χ0n) is 10.9. The van der Waals surface area contributed by atoms with E-state index >= 15 is 0 Å². The Hall–Kier alpha value is -2.11. The monoisotopic (exact) mass is 251 g/mol. The summed E-state index contributed by atoms with van der Waals surface area (Å²) in [6.45, 7) is 5.55. The molecule has 18 heavy (non-hydrogen) atoms. The largest absolute Gasteiger partial charge is 0.387 e. The molecule has 2 N–H and O–H groups in total. The minimum Gasteiger partial charge on any atom is -0.387 e. The zero-order valence-corrected chi connectivity index (χ0v) is 10.9. The molecule has 0 spiro atoms. The molecular weight excluding hydrogens is 234 g/mol. The molecule has 1 aromatic rings. The van der Waals surface area contributed by atoms with Crippen LogP contribution in [-0.2, 0) is 0 Å². The molecule has 0 saturated carbocycles. The van der Waals surface area contributed by atoms with Gasteiger partial charge in [-0.05, 0) is 26.8 Å². The van der Waals surface area contributed by atoms with Crippen molar-refractivity contribution in [3.05, 3.63) is 33.9 Å². The van der Waals surface area contributed by atoms with Crippen LogP contribution in [0.4, 0.5) is 11.4 Å². The van der Waals surface area contributed by atoms with Gasteiger partial charge in [0.25, 0.3) is 11.6 Å². The Labute approximate surface area is 106 Å². The Balaban J connectivity index is 3.16. The molecule has 0 heterocycles. The van der Waals surface area contributed by atoms with E-state index in [9.17, 15) is 14.9 Å². The molecule has 0 aromatic heterocycles. The van der Waals surface area contributed by atoms with Crippen LogP contribution in [0.2, 0.25) is 0 Å². The van der Waals surface area contributed by atoms with Gasteiger partial charge in [-0.25, -0.2) is 0 Å². The normalized spacial score (nSPS) is 10.9. The van der Waals surface area contributed by atoms with Gasteiger partial charge in [0.2, 0.25) is 0 Å². The standard InChI is InChI=1S/C12H17N3O3/c1-12(2,3)14-11(16)9-7-8(15(17)18)5-6-10(9)13-4/h5-7,13H,1-4H3,(H,14,16). The third kappa shape index (κ3) is 3.44. The number of amides is 1. The van der Waals surface area contributed by atoms with Crippen LogP contribution in [0.25, 0.3) is 0 Å². The van der Waals surface area contributed by atoms with E-state index in [2.05, 4.69) is 10.6 Å². The summed E-state index contributed by atoms with van der Waals surface area (Å²) in [5.41, 5.74) is 0.323. The third-order valence-corrected chi connectivity index (χ3v) is 2.22. The van der Waals surface area contributed by atoms with Crippen molar-refractivity contribution in [2.45, 2.75) is 26.3 Å². The van der Waals surface area contributed by atoms with Crippen LogP contribution < -0.4 is 10.6 Å². The second-order valence-corrected chi connectivity index (χ2v) is 4.94. The Morgan fingerprint density at radius 2 is 1.94 bits per heavy atom. The SMILES string of the molecule is CNc1ccc([N+](=O)[O-])cc1C(=O)NC(C)(C)C. The van der Waals surface area contributed by atoms with Crippen LogP contribution in [0.15, 0.2) is 18.2 Å². The molecule has 1 amide bonds. The molecule has 0 saturated heterocycles. The molecule has 0 aliphatic heterocycles. The first-order valence-electron chi connectivity index (χ1n) is 5.53. The number of carbonyl (C=O) groups is 1. The maximum absolute atomic E-state index is 12.0. The molecule has 0 atom stereocenters. The topological polar surface area (TPSA) is 84.3 Å². The van der Waals surface area contributed by atoms with Crippen molar-refractivity contribution in [3.63, 3.8) is 0 Å². The van der Waals surface area contributed by atoms with Crippen molar-refractivity contribution in [2.24, 2.45) is 0 Å². The molecule has 0 aliphatic rings. The second kappa shape index (κ2) is 5.03. The summed E-state index contributed by atoms with van der Waals surface area (Å²) in [5.74, 6) is -0.337. The summed E-state index contributed by atoms with van der Waals surface area (Å²) in [5, 5.41) is 16.3. The molecule has 1 aromatic carbocycles. The van der Waals surface area contributed by atoms with Gasteiger partial charge in [-0.3, -0.25) is 14.9 Å². The van der Waals surface area contributed by atoms with Crippen LogP contribution in [0.5, 0.6) is 0 Å². The number of nitrogens with one attached hydrogen (secondary N) is 2. The Morgan fingerprint density at radius 3 is 2.39 bits per heavy atom. The van der Waals surface area contributed by atoms with Crippen LogP contribution >= 0.6 is 0 Å². The summed E-state index contributed by atoms with van der Waals surface area (Å²) in [7, 11) is 1.66. The lowest BCUT2D eigenvalue weighted by atomic mass is 10.1. The molecule has 0 radical (unpaired) electrons. The zero-order chi connectivity index (χ0) is 13.9. The predicted molar refractivity (Wildman–Crippen MR) is 69.9 cm³/mol. The van der Waals surface area contributed by atoms with E-state index in [-0.39, 0.29) is 17.2 Å². The van der Waals surface area contributed by atoms with Crippen molar-refractivity contribution in [2.75, 3.05) is 12.4 Å². The first-order valence-corrected chi connectivity index (χ1v) is 5.53. The number of benzene rings is 1. The first-order chi connectivity index (χ1) is 8.24. The number of non-ortho nitro benzene ring substituents is 1. The molecule has 6 nitrogen and oxygen atoms in total. The molecule has 6 heteroatoms. The van der Waals surface area contributed by atoms with E-state index in [1.807, 2.05) is 20.8 Å². The summed E-state index contributed by atoms with van der Waals surface area (Å²) in [6.07, 6.45) is 0. The average molecular weight is 251 g/mol. The third-order valence-electron chi connectivity index (χ3n) is 2.22. The number of hydrogen-bond acceptors (Lipinski definition) is 4. The maximum atomic E-state index is 12.0. The molecule has 1 rings (SSSR count). The van der Waals surface area contributed by atoms with E-state index in [4.69, 9.17) is 0 Å². The molecule has 0 fully saturated rings. The average Bonchev–Trinajstić information content (AvgIpc) is 2.25. The van der Waals surface area contributed by atoms with Gasteiger partial charge in [0.05, 0.1) is 10.5 Å². The van der Waals surface area contributed by atoms with Gasteiger partial charge in [-0.15, -0.1) is 0 Å². The number of nitro benzene ring substituents is 1. The number of carbonyl (C=O) groups excluding carboxylic acids is 1. The fourth-order valence-corrected chi connectivity index (χ4v) is 1.46. The Bertz CT molecular complexity index is 478. The highest BCUT2D eigenvalue weighted by Crippen LogP contribution is 2.22. The van der Waals surface area contributed by atoms with Crippen molar-refractivity contribution in [1.82, 2.24) is 5.32 Å². The van der Waals surface area contributed by atoms with Crippen molar-refractivity contribution in [1.29, 1.82) is 0 Å². The minimum atomic E-state index is -0.521. The van der Waals surface area contributed by atoms with Crippen LogP contribution in [0, 0.1) is 10.1 Å². The summed E-state index contributed by atoms with van der Waals surface area (Å²) >= 11 is 0. The van der Waals surface area contributed by atoms with Crippen LogP contribution in [-0.4, -0.2) is 23.4 Å². The van der Waals surface area contributed by atoms with Gasteiger partial charge in [-0.2, -0.15) is 0 Å². The molecule has 0 aliphatic carbocycles. The van der Waals surface area contributed by atoms with Crippen LogP contribution in [0.1, 0.15) is 31.1 Å². The lowest BCUT2D eigenvalue weighted by Gasteiger charge is -2.21. The number of rotatable bonds is 3. The van der Waals surface area contributed by atoms with Crippen molar-refractivity contribution < 1.29 is 9.72 Å². The van der Waals surface area contributed by atoms with Crippen molar-refractivity contribution >= 4 is 17.3 Å². The Morgan fingerprint density at radius 1 is 1.33 bits per heavy atom. The highest BCUT2D eigenvalue weighted by molar-refractivity contribution is 6.00. The second-order valence-electron chi connectivity index (χ2n) is 4.94. The van der Waals surface area contributed by atoms with Gasteiger partial charge in [0.15, 0.2) is 0 Å². The van der Waals surface area contributed by atoms with E-state index in [1.165, 1.54) is 18.2 Å². The number of anilines is 1. The number of nitrogens with zero attached hydrogens (tertiary/aromatic N) is 1. The summed E-state index contributed by atoms with van der Waals surface area (Å²) < 4.78 is 0. The van der Waals surface area contributed by atoms with Crippen molar-refractivity contribution in [3.8, 4) is 0 Å². The van der Waals surface area contributed by atoms with Crippen LogP contribution in [0.3, 0.4) is 0 Å².